The zero-order valence-corrected chi connectivity index (χ0v) is 17.4. The van der Waals surface area contributed by atoms with Crippen LogP contribution in [0.25, 0.3) is 28.2 Å². The first-order chi connectivity index (χ1) is 13.7. The first-order valence-corrected chi connectivity index (χ1v) is 9.88. The quantitative estimate of drug-likeness (QED) is 0.458. The number of hydrogen-bond donors (Lipinski definition) is 1. The van der Waals surface area contributed by atoms with Gasteiger partial charge in [0, 0.05) is 6.20 Å². The van der Waals surface area contributed by atoms with Crippen molar-refractivity contribution >= 4 is 11.2 Å². The first kappa shape index (κ1) is 21.2. The van der Waals surface area contributed by atoms with Crippen LogP contribution in [0.5, 0.6) is 5.75 Å². The minimum absolute atomic E-state index is 0.253. The van der Waals surface area contributed by atoms with Gasteiger partial charge in [0.1, 0.15) is 17.0 Å². The lowest BCUT2D eigenvalue weighted by atomic mass is 10.2. The summed E-state index contributed by atoms with van der Waals surface area (Å²) in [6.45, 7) is 8.25. The number of para-hydroxylation sites is 2. The molecule has 0 amide bonds. The Morgan fingerprint density at radius 2 is 1.50 bits per heavy atom. The van der Waals surface area contributed by atoms with Crippen molar-refractivity contribution in [3.05, 3.63) is 72.9 Å². The fourth-order valence-corrected chi connectivity index (χ4v) is 2.97. The van der Waals surface area contributed by atoms with Crippen LogP contribution in [-0.4, -0.2) is 14.7 Å². The van der Waals surface area contributed by atoms with E-state index in [4.69, 9.17) is 0 Å². The highest BCUT2D eigenvalue weighted by Crippen LogP contribution is 2.31. The second-order valence-electron chi connectivity index (χ2n) is 6.12. The van der Waals surface area contributed by atoms with Gasteiger partial charge < -0.3 is 5.11 Å². The van der Waals surface area contributed by atoms with E-state index in [9.17, 15) is 5.11 Å². The summed E-state index contributed by atoms with van der Waals surface area (Å²) in [7, 11) is 1.99. The molecule has 2 aromatic carbocycles. The lowest BCUT2D eigenvalue weighted by Gasteiger charge is -2.04. The highest BCUT2D eigenvalue weighted by atomic mass is 16.3. The van der Waals surface area contributed by atoms with Crippen LogP contribution in [0.2, 0.25) is 0 Å². The Hall–Kier alpha value is -3.14. The Morgan fingerprint density at radius 3 is 2.14 bits per heavy atom. The average Bonchev–Trinajstić information content (AvgIpc) is 3.04. The van der Waals surface area contributed by atoms with Gasteiger partial charge in [-0.05, 0) is 36.4 Å². The van der Waals surface area contributed by atoms with Crippen molar-refractivity contribution in [1.82, 2.24) is 9.55 Å². The third-order valence-electron chi connectivity index (χ3n) is 4.03. The van der Waals surface area contributed by atoms with Crippen molar-refractivity contribution in [1.29, 1.82) is 0 Å². The lowest BCUT2D eigenvalue weighted by molar-refractivity contribution is -0.633. The number of fused-ring (bicyclic) bond motifs is 1. The third-order valence-corrected chi connectivity index (χ3v) is 4.03. The molecule has 4 nitrogen and oxygen atoms in total. The fraction of sp³-hybridized carbons (Fsp3) is 0.250. The molecule has 4 heteroatoms. The topological polar surface area (TPSA) is 41.9 Å². The maximum atomic E-state index is 10.3. The van der Waals surface area contributed by atoms with Gasteiger partial charge in [-0.1, -0.05) is 64.4 Å². The van der Waals surface area contributed by atoms with Gasteiger partial charge in [-0.25, -0.2) is 9.55 Å². The van der Waals surface area contributed by atoms with E-state index in [-0.39, 0.29) is 5.75 Å². The van der Waals surface area contributed by atoms with Crippen molar-refractivity contribution in [2.75, 3.05) is 0 Å². The van der Waals surface area contributed by atoms with Crippen LogP contribution in [-0.2, 0) is 7.05 Å². The number of hydrogen-bond acceptors (Lipinski definition) is 2. The molecule has 0 spiro atoms. The number of nitrogens with zero attached hydrogens (tertiary/aromatic N) is 3. The van der Waals surface area contributed by atoms with Gasteiger partial charge in [-0.15, -0.1) is 0 Å². The molecule has 0 bridgehead atoms. The number of aromatic hydroxyl groups is 1. The summed E-state index contributed by atoms with van der Waals surface area (Å²) in [5.74, 6) is 1.14. The summed E-state index contributed by atoms with van der Waals surface area (Å²) < 4.78 is 4.13. The van der Waals surface area contributed by atoms with E-state index >= 15 is 0 Å². The number of phenolic OH excluding ortho intramolecular Hbond substituents is 1. The van der Waals surface area contributed by atoms with Crippen molar-refractivity contribution in [3.63, 3.8) is 0 Å². The van der Waals surface area contributed by atoms with Crippen LogP contribution in [0.15, 0.2) is 72.9 Å². The third kappa shape index (κ3) is 4.22. The Labute approximate surface area is 167 Å². The van der Waals surface area contributed by atoms with Gasteiger partial charge in [-0.3, -0.25) is 0 Å². The summed E-state index contributed by atoms with van der Waals surface area (Å²) in [6, 6.07) is 21.4. The summed E-state index contributed by atoms with van der Waals surface area (Å²) in [4.78, 5) is 4.55. The van der Waals surface area contributed by atoms with Crippen LogP contribution in [0.4, 0.5) is 0 Å². The highest BCUT2D eigenvalue weighted by Gasteiger charge is 2.28. The zero-order valence-electron chi connectivity index (χ0n) is 17.4. The monoisotopic (exact) mass is 376 g/mol. The molecule has 4 rings (SSSR count). The number of imidazole rings is 1. The molecule has 4 aromatic rings. The predicted octanol–water partition coefficient (Wildman–Crippen LogP) is 5.67. The van der Waals surface area contributed by atoms with E-state index in [0.717, 1.165) is 28.2 Å². The standard InChI is InChI=1S/C19H15N3O.C3H8.C2H6/c1-21-16-11-7-13-20-18(16)22(14-8-3-2-4-9-14)19(21)15-10-5-6-12-17(15)23;1-3-2;1-2/h2-13H,1H3;3H2,1-2H3;1-2H3/p+1. The molecule has 0 aliphatic rings. The second-order valence-corrected chi connectivity index (χ2v) is 6.12. The minimum Gasteiger partial charge on any atom is -0.507 e. The molecule has 146 valence electrons. The van der Waals surface area contributed by atoms with Gasteiger partial charge in [0.05, 0.1) is 7.05 Å². The summed E-state index contributed by atoms with van der Waals surface area (Å²) in [5, 5.41) is 10.3. The Bertz CT molecular complexity index is 1010. The van der Waals surface area contributed by atoms with E-state index in [1.54, 1.807) is 12.3 Å². The van der Waals surface area contributed by atoms with Crippen molar-refractivity contribution in [3.8, 4) is 22.8 Å². The number of benzene rings is 2. The van der Waals surface area contributed by atoms with Crippen LogP contribution in [0, 0.1) is 0 Å². The van der Waals surface area contributed by atoms with Crippen LogP contribution < -0.4 is 4.57 Å². The molecular weight excluding hydrogens is 346 g/mol. The van der Waals surface area contributed by atoms with Crippen molar-refractivity contribution in [2.24, 2.45) is 7.05 Å². The molecule has 1 N–H and O–H groups in total. The molecular formula is C24H30N3O+. The van der Waals surface area contributed by atoms with E-state index in [0.29, 0.717) is 0 Å². The number of phenols is 1. The molecule has 0 atom stereocenters. The lowest BCUT2D eigenvalue weighted by Crippen LogP contribution is -2.30. The van der Waals surface area contributed by atoms with E-state index in [2.05, 4.69) is 28.0 Å². The fourth-order valence-electron chi connectivity index (χ4n) is 2.97. The van der Waals surface area contributed by atoms with Crippen LogP contribution in [0.3, 0.4) is 0 Å². The van der Waals surface area contributed by atoms with Gasteiger partial charge >= 0.3 is 0 Å². The van der Waals surface area contributed by atoms with Crippen molar-refractivity contribution < 1.29 is 9.67 Å². The van der Waals surface area contributed by atoms with Gasteiger partial charge in [0.2, 0.25) is 0 Å². The molecule has 0 unspecified atom stereocenters. The number of aryl methyl sites for hydroxylation is 1. The molecule has 0 saturated carbocycles. The first-order valence-electron chi connectivity index (χ1n) is 9.88. The molecule has 2 heterocycles. The molecule has 0 saturated heterocycles. The number of pyridine rings is 1. The van der Waals surface area contributed by atoms with Gasteiger partial charge in [-0.2, -0.15) is 4.57 Å². The Balaban J connectivity index is 0.000000514. The van der Waals surface area contributed by atoms with Crippen molar-refractivity contribution in [2.45, 2.75) is 34.1 Å². The van der Waals surface area contributed by atoms with Gasteiger partial charge in [0.15, 0.2) is 5.52 Å². The molecule has 0 fully saturated rings. The van der Waals surface area contributed by atoms with Crippen LogP contribution in [0.1, 0.15) is 34.1 Å². The summed E-state index contributed by atoms with van der Waals surface area (Å²) in [6.07, 6.45) is 3.04. The second kappa shape index (κ2) is 10.3. The molecule has 0 radical (unpaired) electrons. The maximum absolute atomic E-state index is 10.3. The van der Waals surface area contributed by atoms with E-state index in [1.165, 1.54) is 6.42 Å². The highest BCUT2D eigenvalue weighted by molar-refractivity contribution is 5.76. The SMILES string of the molecule is CC.CCC.C[n+]1c(-c2ccccc2O)n(-c2ccccc2)c2ncccc21. The minimum atomic E-state index is 0.253. The van der Waals surface area contributed by atoms with Crippen LogP contribution >= 0.6 is 0 Å². The molecule has 28 heavy (non-hydrogen) atoms. The predicted molar refractivity (Wildman–Crippen MR) is 117 cm³/mol. The van der Waals surface area contributed by atoms with Gasteiger partial charge in [0.25, 0.3) is 11.5 Å². The molecule has 0 aliphatic carbocycles. The smallest absolute Gasteiger partial charge is 0.299 e. The molecule has 2 aromatic heterocycles. The summed E-state index contributed by atoms with van der Waals surface area (Å²) in [5.41, 5.74) is 3.65. The normalized spacial score (nSPS) is 9.89. The number of rotatable bonds is 2. The average molecular weight is 377 g/mol. The Kier molecular flexibility index (Phi) is 7.76. The largest absolute Gasteiger partial charge is 0.507 e. The van der Waals surface area contributed by atoms with E-state index in [1.807, 2.05) is 81.6 Å². The van der Waals surface area contributed by atoms with E-state index < -0.39 is 0 Å². The Morgan fingerprint density at radius 1 is 0.893 bits per heavy atom. The molecule has 0 aliphatic heterocycles. The maximum Gasteiger partial charge on any atom is 0.299 e. The summed E-state index contributed by atoms with van der Waals surface area (Å²) >= 11 is 0. The number of aromatic nitrogens is 3. The zero-order chi connectivity index (χ0) is 20.5.